The van der Waals surface area contributed by atoms with E-state index < -0.39 is 11.7 Å². The zero-order valence-electron chi connectivity index (χ0n) is 14.6. The molecule has 0 aliphatic rings. The maximum atomic E-state index is 13.1. The molecular formula is C20H15F3N4. The Bertz CT molecular complexity index is 1130. The SMILES string of the molecule is Cc1nc2c(C)cc(-n3cncn3)cc2cc1-c1cccc(C(F)(F)F)c1. The molecule has 0 aliphatic carbocycles. The summed E-state index contributed by atoms with van der Waals surface area (Å²) in [5.74, 6) is 0. The number of aromatic nitrogens is 4. The number of aryl methyl sites for hydroxylation is 2. The van der Waals surface area contributed by atoms with Crippen LogP contribution in [0.15, 0.2) is 55.1 Å². The van der Waals surface area contributed by atoms with E-state index in [1.165, 1.54) is 12.4 Å². The second-order valence-electron chi connectivity index (χ2n) is 6.37. The molecule has 27 heavy (non-hydrogen) atoms. The van der Waals surface area contributed by atoms with E-state index in [2.05, 4.69) is 15.1 Å². The molecule has 0 saturated carbocycles. The average molecular weight is 368 g/mol. The first-order valence-corrected chi connectivity index (χ1v) is 8.27. The highest BCUT2D eigenvalue weighted by molar-refractivity contribution is 5.88. The van der Waals surface area contributed by atoms with E-state index in [9.17, 15) is 13.2 Å². The number of hydrogen-bond acceptors (Lipinski definition) is 3. The van der Waals surface area contributed by atoms with Crippen LogP contribution in [0.4, 0.5) is 13.2 Å². The summed E-state index contributed by atoms with van der Waals surface area (Å²) >= 11 is 0. The van der Waals surface area contributed by atoms with Crippen molar-refractivity contribution < 1.29 is 13.2 Å². The molecule has 0 unspecified atom stereocenters. The van der Waals surface area contributed by atoms with Gasteiger partial charge in [0.2, 0.25) is 0 Å². The Kier molecular flexibility index (Phi) is 3.95. The molecule has 0 atom stereocenters. The summed E-state index contributed by atoms with van der Waals surface area (Å²) in [5, 5.41) is 4.96. The van der Waals surface area contributed by atoms with Gasteiger partial charge in [0.25, 0.3) is 0 Å². The maximum Gasteiger partial charge on any atom is 0.416 e. The number of rotatable bonds is 2. The molecule has 0 aliphatic heterocycles. The number of pyridine rings is 1. The van der Waals surface area contributed by atoms with Gasteiger partial charge < -0.3 is 0 Å². The van der Waals surface area contributed by atoms with Crippen molar-refractivity contribution in [2.45, 2.75) is 20.0 Å². The molecule has 136 valence electrons. The maximum absolute atomic E-state index is 13.1. The number of alkyl halides is 3. The van der Waals surface area contributed by atoms with Gasteiger partial charge in [-0.15, -0.1) is 0 Å². The topological polar surface area (TPSA) is 43.6 Å². The highest BCUT2D eigenvalue weighted by Crippen LogP contribution is 2.34. The normalized spacial score (nSPS) is 11.9. The van der Waals surface area contributed by atoms with Crippen molar-refractivity contribution in [3.63, 3.8) is 0 Å². The van der Waals surface area contributed by atoms with Crippen LogP contribution in [0.2, 0.25) is 0 Å². The third-order valence-corrected chi connectivity index (χ3v) is 4.47. The Labute approximate surface area is 153 Å². The van der Waals surface area contributed by atoms with Crippen molar-refractivity contribution in [2.75, 3.05) is 0 Å². The smallest absolute Gasteiger partial charge is 0.252 e. The van der Waals surface area contributed by atoms with Gasteiger partial charge in [0.15, 0.2) is 0 Å². The fourth-order valence-corrected chi connectivity index (χ4v) is 3.17. The molecule has 4 rings (SSSR count). The van der Waals surface area contributed by atoms with E-state index >= 15 is 0 Å². The molecule has 2 heterocycles. The zero-order chi connectivity index (χ0) is 19.2. The van der Waals surface area contributed by atoms with Gasteiger partial charge in [-0.1, -0.05) is 12.1 Å². The Morgan fingerprint density at radius 1 is 1.00 bits per heavy atom. The number of benzene rings is 2. The number of fused-ring (bicyclic) bond motifs is 1. The summed E-state index contributed by atoms with van der Waals surface area (Å²) in [6.07, 6.45) is -1.35. The molecule has 0 saturated heterocycles. The molecule has 0 fully saturated rings. The fourth-order valence-electron chi connectivity index (χ4n) is 3.17. The minimum absolute atomic E-state index is 0.487. The molecule has 0 spiro atoms. The highest BCUT2D eigenvalue weighted by atomic mass is 19.4. The molecular weight excluding hydrogens is 353 g/mol. The van der Waals surface area contributed by atoms with Gasteiger partial charge in [0.05, 0.1) is 16.8 Å². The van der Waals surface area contributed by atoms with Gasteiger partial charge in [-0.25, -0.2) is 9.67 Å². The Balaban J connectivity index is 1.91. The van der Waals surface area contributed by atoms with Gasteiger partial charge in [-0.2, -0.15) is 18.3 Å². The fraction of sp³-hybridized carbons (Fsp3) is 0.150. The minimum Gasteiger partial charge on any atom is -0.252 e. The average Bonchev–Trinajstić information content (AvgIpc) is 3.16. The first-order valence-electron chi connectivity index (χ1n) is 8.27. The van der Waals surface area contributed by atoms with Crippen LogP contribution in [-0.2, 0) is 6.18 Å². The van der Waals surface area contributed by atoms with E-state index in [0.29, 0.717) is 16.8 Å². The van der Waals surface area contributed by atoms with Crippen molar-refractivity contribution in [1.82, 2.24) is 19.7 Å². The van der Waals surface area contributed by atoms with Gasteiger partial charge in [0.1, 0.15) is 12.7 Å². The van der Waals surface area contributed by atoms with E-state index in [1.54, 1.807) is 24.0 Å². The van der Waals surface area contributed by atoms with E-state index in [0.717, 1.165) is 34.3 Å². The van der Waals surface area contributed by atoms with Crippen molar-refractivity contribution in [2.24, 2.45) is 0 Å². The van der Waals surface area contributed by atoms with Crippen LogP contribution in [0.3, 0.4) is 0 Å². The monoisotopic (exact) mass is 368 g/mol. The van der Waals surface area contributed by atoms with Crippen molar-refractivity contribution >= 4 is 10.9 Å². The lowest BCUT2D eigenvalue weighted by atomic mass is 9.98. The van der Waals surface area contributed by atoms with Gasteiger partial charge in [0, 0.05) is 16.6 Å². The van der Waals surface area contributed by atoms with Crippen LogP contribution >= 0.6 is 0 Å². The first-order chi connectivity index (χ1) is 12.8. The van der Waals surface area contributed by atoms with Crippen molar-refractivity contribution in [1.29, 1.82) is 0 Å². The molecule has 0 amide bonds. The summed E-state index contributed by atoms with van der Waals surface area (Å²) in [4.78, 5) is 8.59. The summed E-state index contributed by atoms with van der Waals surface area (Å²) in [5.41, 5.74) is 3.75. The summed E-state index contributed by atoms with van der Waals surface area (Å²) < 4.78 is 40.8. The Hall–Kier alpha value is -3.22. The number of hydrogen-bond donors (Lipinski definition) is 0. The van der Waals surface area contributed by atoms with Crippen LogP contribution in [-0.4, -0.2) is 19.7 Å². The van der Waals surface area contributed by atoms with Crippen LogP contribution in [0.1, 0.15) is 16.8 Å². The molecule has 4 nitrogen and oxygen atoms in total. The molecule has 0 bridgehead atoms. The molecule has 4 aromatic rings. The lowest BCUT2D eigenvalue weighted by molar-refractivity contribution is -0.137. The van der Waals surface area contributed by atoms with Gasteiger partial charge in [-0.05, 0) is 55.3 Å². The van der Waals surface area contributed by atoms with Crippen molar-refractivity contribution in [3.8, 4) is 16.8 Å². The summed E-state index contributed by atoms with van der Waals surface area (Å²) in [6.45, 7) is 3.75. The van der Waals surface area contributed by atoms with Gasteiger partial charge >= 0.3 is 6.18 Å². The highest BCUT2D eigenvalue weighted by Gasteiger charge is 2.30. The standard InChI is InChI=1S/C20H15F3N4/c1-12-6-17(27-11-24-10-25-27)8-15-9-18(13(2)26-19(12)15)14-4-3-5-16(7-14)20(21,22)23/h3-11H,1-2H3. The van der Waals surface area contributed by atoms with E-state index in [4.69, 9.17) is 0 Å². The minimum atomic E-state index is -4.38. The Morgan fingerprint density at radius 3 is 2.52 bits per heavy atom. The zero-order valence-corrected chi connectivity index (χ0v) is 14.6. The summed E-state index contributed by atoms with van der Waals surface area (Å²) in [6, 6.07) is 11.0. The van der Waals surface area contributed by atoms with E-state index in [-0.39, 0.29) is 0 Å². The van der Waals surface area contributed by atoms with Crippen molar-refractivity contribution in [3.05, 3.63) is 71.9 Å². The second kappa shape index (κ2) is 6.19. The van der Waals surface area contributed by atoms with Crippen LogP contribution in [0.5, 0.6) is 0 Å². The predicted octanol–water partition coefficient (Wildman–Crippen LogP) is 5.12. The van der Waals surface area contributed by atoms with Crippen LogP contribution in [0, 0.1) is 13.8 Å². The van der Waals surface area contributed by atoms with Gasteiger partial charge in [-0.3, -0.25) is 4.98 Å². The van der Waals surface area contributed by atoms with E-state index in [1.807, 2.05) is 25.1 Å². The lowest BCUT2D eigenvalue weighted by Crippen LogP contribution is -2.04. The number of nitrogens with zero attached hydrogens (tertiary/aromatic N) is 4. The third-order valence-electron chi connectivity index (χ3n) is 4.47. The van der Waals surface area contributed by atoms with Crippen LogP contribution < -0.4 is 0 Å². The molecule has 2 aromatic heterocycles. The molecule has 0 radical (unpaired) electrons. The quantitative estimate of drug-likeness (QED) is 0.493. The largest absolute Gasteiger partial charge is 0.416 e. The van der Waals surface area contributed by atoms with Crippen LogP contribution in [0.25, 0.3) is 27.7 Å². The summed E-state index contributed by atoms with van der Waals surface area (Å²) in [7, 11) is 0. The lowest BCUT2D eigenvalue weighted by Gasteiger charge is -2.13. The second-order valence-corrected chi connectivity index (χ2v) is 6.37. The predicted molar refractivity (Wildman–Crippen MR) is 96.6 cm³/mol. The molecule has 7 heteroatoms. The third kappa shape index (κ3) is 3.16. The molecule has 0 N–H and O–H groups in total. The molecule has 2 aromatic carbocycles. The Morgan fingerprint density at radius 2 is 1.81 bits per heavy atom. The first kappa shape index (κ1) is 17.2. The number of halogens is 3.